The Balaban J connectivity index is 1.45. The highest BCUT2D eigenvalue weighted by Gasteiger charge is 2.48. The first kappa shape index (κ1) is 23.7. The summed E-state index contributed by atoms with van der Waals surface area (Å²) in [5, 5.41) is 16.6. The van der Waals surface area contributed by atoms with Crippen LogP contribution in [0.15, 0.2) is 61.4 Å². The molecule has 1 aliphatic rings. The first-order valence-corrected chi connectivity index (χ1v) is 13.1. The maximum absolute atomic E-state index is 12.8. The van der Waals surface area contributed by atoms with E-state index in [-0.39, 0.29) is 18.2 Å². The molecule has 2 atom stereocenters. The summed E-state index contributed by atoms with van der Waals surface area (Å²) in [7, 11) is -1.62. The molecule has 5 rings (SSSR count). The van der Waals surface area contributed by atoms with E-state index in [9.17, 15) is 13.7 Å². The molecule has 36 heavy (non-hydrogen) atoms. The number of aromatic nitrogens is 6. The average Bonchev–Trinajstić information content (AvgIpc) is 3.49. The molecule has 0 aliphatic carbocycles. The van der Waals surface area contributed by atoms with Crippen LogP contribution in [0.2, 0.25) is 0 Å². The van der Waals surface area contributed by atoms with E-state index in [0.717, 1.165) is 22.5 Å². The number of anilines is 2. The van der Waals surface area contributed by atoms with Gasteiger partial charge in [-0.2, -0.15) is 14.7 Å². The molecule has 1 N–H and O–H groups in total. The minimum atomic E-state index is -3.45. The van der Waals surface area contributed by atoms with Crippen LogP contribution in [0.4, 0.5) is 11.6 Å². The van der Waals surface area contributed by atoms with Crippen LogP contribution < -0.4 is 5.32 Å². The number of nitriles is 1. The van der Waals surface area contributed by atoms with Gasteiger partial charge in [-0.25, -0.2) is 18.4 Å². The lowest BCUT2D eigenvalue weighted by atomic mass is 9.92. The Kier molecular flexibility index (Phi) is 6.26. The van der Waals surface area contributed by atoms with Gasteiger partial charge in [0.25, 0.3) is 0 Å². The summed E-state index contributed by atoms with van der Waals surface area (Å²) < 4.78 is 30.8. The van der Waals surface area contributed by atoms with Gasteiger partial charge < -0.3 is 9.88 Å². The highest BCUT2D eigenvalue weighted by Crippen LogP contribution is 2.45. The van der Waals surface area contributed by atoms with Gasteiger partial charge in [0.1, 0.15) is 0 Å². The normalized spacial score (nSPS) is 17.9. The van der Waals surface area contributed by atoms with Crippen molar-refractivity contribution in [2.24, 2.45) is 7.05 Å². The number of aryl methyl sites for hydroxylation is 1. The van der Waals surface area contributed by atoms with Crippen molar-refractivity contribution in [1.29, 1.82) is 5.26 Å². The van der Waals surface area contributed by atoms with E-state index in [0.29, 0.717) is 18.2 Å². The summed E-state index contributed by atoms with van der Waals surface area (Å²) in [6.07, 6.45) is 10.9. The molecule has 0 bridgehead atoms. The number of sulfonamides is 1. The topological polar surface area (TPSA) is 135 Å². The number of nitrogens with one attached hydrogen (secondary N) is 1. The number of hydrogen-bond donors (Lipinski definition) is 1. The fourth-order valence-corrected chi connectivity index (χ4v) is 5.70. The lowest BCUT2D eigenvalue weighted by Crippen LogP contribution is -2.53. The van der Waals surface area contributed by atoms with Crippen molar-refractivity contribution in [2.75, 3.05) is 17.6 Å². The Morgan fingerprint density at radius 1 is 1.19 bits per heavy atom. The molecule has 0 spiro atoms. The molecule has 184 valence electrons. The zero-order chi connectivity index (χ0) is 25.3. The van der Waals surface area contributed by atoms with Gasteiger partial charge in [-0.3, -0.25) is 9.67 Å². The van der Waals surface area contributed by atoms with Gasteiger partial charge >= 0.3 is 0 Å². The van der Waals surface area contributed by atoms with Crippen molar-refractivity contribution < 1.29 is 8.42 Å². The largest absolute Gasteiger partial charge is 0.347 e. The number of rotatable bonds is 8. The Hall–Kier alpha value is -4.08. The summed E-state index contributed by atoms with van der Waals surface area (Å²) in [6, 6.07) is 8.86. The van der Waals surface area contributed by atoms with E-state index in [4.69, 9.17) is 0 Å². The zero-order valence-corrected chi connectivity index (χ0v) is 20.7. The highest BCUT2D eigenvalue weighted by atomic mass is 32.2. The Labute approximate surface area is 209 Å². The smallest absolute Gasteiger partial charge is 0.227 e. The van der Waals surface area contributed by atoms with Crippen LogP contribution in [-0.2, 0) is 23.5 Å². The molecule has 1 aliphatic heterocycles. The summed E-state index contributed by atoms with van der Waals surface area (Å²) in [6.45, 7) is 1.96. The van der Waals surface area contributed by atoms with Crippen LogP contribution in [0, 0.1) is 11.3 Å². The summed E-state index contributed by atoms with van der Waals surface area (Å²) >= 11 is 0. The van der Waals surface area contributed by atoms with Crippen LogP contribution in [0.25, 0.3) is 11.3 Å². The predicted molar refractivity (Wildman–Crippen MR) is 133 cm³/mol. The van der Waals surface area contributed by atoms with E-state index in [1.165, 1.54) is 4.31 Å². The van der Waals surface area contributed by atoms with Crippen molar-refractivity contribution in [3.05, 3.63) is 72.7 Å². The molecule has 12 heteroatoms. The Morgan fingerprint density at radius 3 is 2.81 bits per heavy atom. The number of pyridine rings is 1. The molecule has 4 aromatic rings. The monoisotopic (exact) mass is 503 g/mol. The van der Waals surface area contributed by atoms with Gasteiger partial charge in [-0.05, 0) is 30.7 Å². The van der Waals surface area contributed by atoms with Crippen molar-refractivity contribution in [2.45, 2.75) is 25.4 Å². The molecule has 0 amide bonds. The molecular weight excluding hydrogens is 478 g/mol. The van der Waals surface area contributed by atoms with Crippen LogP contribution >= 0.6 is 0 Å². The standard InChI is InChI=1S/C24H25N9O2S/c1-3-36(34,35)33-16-21(23(33)22-17(6-9-25)5-4-10-26-22)32-12-8-18(14-32)20-7-11-27-24(30-20)29-19-13-28-31(2)15-19/h4-5,7-8,10-15,21,23H,3,6,16H2,1-2H3,(H,27,29,30). The molecule has 2 unspecified atom stereocenters. The van der Waals surface area contributed by atoms with E-state index >= 15 is 0 Å². The highest BCUT2D eigenvalue weighted by molar-refractivity contribution is 7.89. The molecule has 1 fully saturated rings. The van der Waals surface area contributed by atoms with Gasteiger partial charge in [0, 0.05) is 50.1 Å². The van der Waals surface area contributed by atoms with Gasteiger partial charge in [0.05, 0.1) is 53.6 Å². The van der Waals surface area contributed by atoms with E-state index < -0.39 is 16.1 Å². The predicted octanol–water partition coefficient (Wildman–Crippen LogP) is 2.83. The minimum Gasteiger partial charge on any atom is -0.347 e. The molecule has 0 radical (unpaired) electrons. The number of hydrogen-bond acceptors (Lipinski definition) is 8. The fourth-order valence-electron chi connectivity index (χ4n) is 4.40. The van der Waals surface area contributed by atoms with Gasteiger partial charge in [0.15, 0.2) is 0 Å². The van der Waals surface area contributed by atoms with Gasteiger partial charge in [0.2, 0.25) is 16.0 Å². The first-order chi connectivity index (χ1) is 17.4. The summed E-state index contributed by atoms with van der Waals surface area (Å²) in [5.74, 6) is 0.450. The zero-order valence-electron chi connectivity index (χ0n) is 19.9. The maximum atomic E-state index is 12.8. The maximum Gasteiger partial charge on any atom is 0.227 e. The lowest BCUT2D eigenvalue weighted by Gasteiger charge is -2.47. The fraction of sp³-hybridized carbons (Fsp3) is 0.292. The van der Waals surface area contributed by atoms with Gasteiger partial charge in [-0.1, -0.05) is 6.07 Å². The van der Waals surface area contributed by atoms with Gasteiger partial charge in [-0.15, -0.1) is 0 Å². The molecule has 5 heterocycles. The molecule has 1 saturated heterocycles. The van der Waals surface area contributed by atoms with Crippen LogP contribution in [0.5, 0.6) is 0 Å². The van der Waals surface area contributed by atoms with Crippen molar-refractivity contribution in [3.63, 3.8) is 0 Å². The average molecular weight is 504 g/mol. The molecule has 4 aromatic heterocycles. The van der Waals surface area contributed by atoms with Crippen LogP contribution in [-0.4, -0.2) is 54.3 Å². The molecule has 0 saturated carbocycles. The number of nitrogens with zero attached hydrogens (tertiary/aromatic N) is 8. The Bertz CT molecular complexity index is 1540. The Morgan fingerprint density at radius 2 is 2.06 bits per heavy atom. The van der Waals surface area contributed by atoms with Crippen molar-refractivity contribution in [1.82, 2.24) is 33.6 Å². The molecular formula is C24H25N9O2S. The van der Waals surface area contributed by atoms with E-state index in [2.05, 4.69) is 31.4 Å². The minimum absolute atomic E-state index is 0.00120. The SMILES string of the molecule is CCS(=O)(=O)N1CC(n2ccc(-c3ccnc(Nc4cnn(C)c4)n3)c2)C1c1ncccc1CC#N. The molecule has 11 nitrogen and oxygen atoms in total. The summed E-state index contributed by atoms with van der Waals surface area (Å²) in [5.41, 5.74) is 3.74. The van der Waals surface area contributed by atoms with Crippen LogP contribution in [0.3, 0.4) is 0 Å². The first-order valence-electron chi connectivity index (χ1n) is 11.5. The second kappa shape index (κ2) is 9.52. The second-order valence-corrected chi connectivity index (χ2v) is 10.7. The van der Waals surface area contributed by atoms with E-state index in [1.807, 2.05) is 48.4 Å². The third-order valence-electron chi connectivity index (χ3n) is 6.25. The van der Waals surface area contributed by atoms with E-state index in [1.54, 1.807) is 36.3 Å². The van der Waals surface area contributed by atoms with Crippen molar-refractivity contribution in [3.8, 4) is 17.3 Å². The van der Waals surface area contributed by atoms with Crippen molar-refractivity contribution >= 4 is 21.7 Å². The second-order valence-electron chi connectivity index (χ2n) is 8.51. The lowest BCUT2D eigenvalue weighted by molar-refractivity contribution is 0.105. The van der Waals surface area contributed by atoms with Crippen LogP contribution in [0.1, 0.15) is 30.3 Å². The quantitative estimate of drug-likeness (QED) is 0.388. The third-order valence-corrected chi connectivity index (χ3v) is 8.07. The molecule has 0 aromatic carbocycles. The summed E-state index contributed by atoms with van der Waals surface area (Å²) in [4.78, 5) is 13.4. The third kappa shape index (κ3) is 4.46.